The van der Waals surface area contributed by atoms with Crippen molar-refractivity contribution < 1.29 is 12.8 Å². The molecule has 7 nitrogen and oxygen atoms in total. The Labute approximate surface area is 245 Å². The highest BCUT2D eigenvalue weighted by Crippen LogP contribution is 2.53. The Bertz CT molecular complexity index is 1090. The van der Waals surface area contributed by atoms with Crippen molar-refractivity contribution in [3.8, 4) is 0 Å². The van der Waals surface area contributed by atoms with Crippen LogP contribution in [0.1, 0.15) is 96.8 Å². The summed E-state index contributed by atoms with van der Waals surface area (Å²) in [6.07, 6.45) is 17.5. The molecule has 10 heteroatoms. The summed E-state index contributed by atoms with van der Waals surface area (Å²) in [6, 6.07) is 0.409. The fourth-order valence-corrected chi connectivity index (χ4v) is 10.4. The SMILES string of the molecule is CCCn1cc(S(=O)(=O)N2CCC(CC3CCCCC3)(C3CC(C=N)C(NC4CCC(F)CC4)CC3Cl)C2)cn1. The van der Waals surface area contributed by atoms with Crippen molar-refractivity contribution in [1.82, 2.24) is 19.4 Å². The average molecular weight is 598 g/mol. The van der Waals surface area contributed by atoms with Crippen LogP contribution < -0.4 is 5.32 Å². The summed E-state index contributed by atoms with van der Waals surface area (Å²) in [5.74, 6) is 0.826. The van der Waals surface area contributed by atoms with Gasteiger partial charge in [-0.2, -0.15) is 9.40 Å². The van der Waals surface area contributed by atoms with Gasteiger partial charge in [0.15, 0.2) is 0 Å². The summed E-state index contributed by atoms with van der Waals surface area (Å²) in [5.41, 5.74) is -0.181. The van der Waals surface area contributed by atoms with Gasteiger partial charge in [-0.15, -0.1) is 11.6 Å². The molecule has 1 aromatic rings. The molecule has 0 spiro atoms. The first kappa shape index (κ1) is 30.4. The standard InChI is InChI=1S/C30H49ClFN5O2S/c1-2-13-36-20-26(19-34-36)40(38,39)37-14-12-30(21-37,17-22-6-4-3-5-7-22)27-15-23(18-33)29(16-28(27)31)35-25-10-8-24(32)9-11-25/h18-20,22-25,27-29,33,35H,2-17,21H2,1H3. The lowest BCUT2D eigenvalue weighted by atomic mass is 9.60. The molecule has 5 rings (SSSR count). The van der Waals surface area contributed by atoms with Gasteiger partial charge in [-0.05, 0) is 81.3 Å². The molecule has 3 aliphatic carbocycles. The Balaban J connectivity index is 1.35. The van der Waals surface area contributed by atoms with E-state index in [2.05, 4.69) is 17.3 Å². The van der Waals surface area contributed by atoms with Crippen molar-refractivity contribution in [1.29, 1.82) is 5.41 Å². The van der Waals surface area contributed by atoms with Crippen LogP contribution in [0.15, 0.2) is 17.3 Å². The van der Waals surface area contributed by atoms with Gasteiger partial charge >= 0.3 is 0 Å². The van der Waals surface area contributed by atoms with Gasteiger partial charge in [-0.1, -0.05) is 39.0 Å². The molecule has 0 bridgehead atoms. The maximum Gasteiger partial charge on any atom is 0.246 e. The maximum atomic E-state index is 13.8. The van der Waals surface area contributed by atoms with Gasteiger partial charge in [0.05, 0.1) is 6.20 Å². The Morgan fingerprint density at radius 2 is 1.93 bits per heavy atom. The Hall–Kier alpha value is -1.03. The fraction of sp³-hybridized carbons (Fsp3) is 0.867. The molecule has 1 aliphatic heterocycles. The molecular formula is C30H49ClFN5O2S. The molecule has 0 radical (unpaired) electrons. The van der Waals surface area contributed by atoms with Gasteiger partial charge in [0.1, 0.15) is 11.1 Å². The van der Waals surface area contributed by atoms with E-state index in [-0.39, 0.29) is 39.6 Å². The molecule has 1 aromatic heterocycles. The number of halogens is 2. The molecule has 4 fully saturated rings. The van der Waals surface area contributed by atoms with Crippen molar-refractivity contribution in [2.75, 3.05) is 13.1 Å². The lowest BCUT2D eigenvalue weighted by Crippen LogP contribution is -2.53. The average Bonchev–Trinajstić information content (AvgIpc) is 3.60. The molecule has 226 valence electrons. The van der Waals surface area contributed by atoms with E-state index >= 15 is 0 Å². The molecule has 5 atom stereocenters. The van der Waals surface area contributed by atoms with Crippen molar-refractivity contribution >= 4 is 27.8 Å². The molecule has 40 heavy (non-hydrogen) atoms. The van der Waals surface area contributed by atoms with Gasteiger partial charge in [-0.3, -0.25) is 4.68 Å². The molecular weight excluding hydrogens is 549 g/mol. The van der Waals surface area contributed by atoms with Crippen LogP contribution >= 0.6 is 11.6 Å². The first-order chi connectivity index (χ1) is 19.2. The van der Waals surface area contributed by atoms with E-state index in [4.69, 9.17) is 17.0 Å². The van der Waals surface area contributed by atoms with Crippen LogP contribution in [0.4, 0.5) is 4.39 Å². The van der Waals surface area contributed by atoms with E-state index in [0.29, 0.717) is 38.4 Å². The van der Waals surface area contributed by atoms with Gasteiger partial charge < -0.3 is 10.7 Å². The minimum atomic E-state index is -3.64. The second-order valence-electron chi connectivity index (χ2n) is 13.2. The molecule has 4 aliphatic rings. The Morgan fingerprint density at radius 1 is 1.18 bits per heavy atom. The smallest absolute Gasteiger partial charge is 0.246 e. The van der Waals surface area contributed by atoms with E-state index in [0.717, 1.165) is 44.9 Å². The number of alkyl halides is 2. The predicted octanol–water partition coefficient (Wildman–Crippen LogP) is 6.17. The second-order valence-corrected chi connectivity index (χ2v) is 15.7. The summed E-state index contributed by atoms with van der Waals surface area (Å²) in [6.45, 7) is 3.77. The maximum absolute atomic E-state index is 13.8. The monoisotopic (exact) mass is 597 g/mol. The van der Waals surface area contributed by atoms with E-state index in [1.807, 2.05) is 0 Å². The number of sulfonamides is 1. The van der Waals surface area contributed by atoms with Crippen LogP contribution in [0, 0.1) is 28.6 Å². The zero-order valence-electron chi connectivity index (χ0n) is 24.1. The topological polar surface area (TPSA) is 91.1 Å². The third kappa shape index (κ3) is 6.63. The summed E-state index contributed by atoms with van der Waals surface area (Å²) in [4.78, 5) is 0.283. The van der Waals surface area contributed by atoms with Gasteiger partial charge in [0.2, 0.25) is 10.0 Å². The first-order valence-corrected chi connectivity index (χ1v) is 17.7. The highest BCUT2D eigenvalue weighted by molar-refractivity contribution is 7.89. The summed E-state index contributed by atoms with van der Waals surface area (Å²) >= 11 is 7.29. The van der Waals surface area contributed by atoms with Crippen LogP contribution in [-0.4, -0.2) is 65.4 Å². The van der Waals surface area contributed by atoms with E-state index < -0.39 is 16.2 Å². The van der Waals surface area contributed by atoms with E-state index in [9.17, 15) is 12.8 Å². The van der Waals surface area contributed by atoms with Crippen molar-refractivity contribution in [2.45, 2.75) is 132 Å². The largest absolute Gasteiger partial charge is 0.313 e. The number of nitrogens with one attached hydrogen (secondary N) is 2. The van der Waals surface area contributed by atoms with Crippen LogP contribution in [0.2, 0.25) is 0 Å². The fourth-order valence-electron chi connectivity index (χ4n) is 8.35. The van der Waals surface area contributed by atoms with Gasteiger partial charge in [0, 0.05) is 49.2 Å². The molecule has 0 amide bonds. The number of aryl methyl sites for hydroxylation is 1. The summed E-state index contributed by atoms with van der Waals surface area (Å²) in [5, 5.41) is 16.3. The zero-order valence-corrected chi connectivity index (χ0v) is 25.7. The molecule has 2 N–H and O–H groups in total. The second kappa shape index (κ2) is 13.1. The lowest BCUT2D eigenvalue weighted by molar-refractivity contribution is 0.0679. The number of rotatable bonds is 10. The zero-order chi connectivity index (χ0) is 28.3. The van der Waals surface area contributed by atoms with Crippen LogP contribution in [0.25, 0.3) is 0 Å². The van der Waals surface area contributed by atoms with Gasteiger partial charge in [-0.25, -0.2) is 12.8 Å². The van der Waals surface area contributed by atoms with E-state index in [1.54, 1.807) is 21.4 Å². The van der Waals surface area contributed by atoms with Crippen LogP contribution in [0.5, 0.6) is 0 Å². The molecule has 2 heterocycles. The number of hydrogen-bond donors (Lipinski definition) is 2. The Morgan fingerprint density at radius 3 is 2.62 bits per heavy atom. The molecule has 0 aromatic carbocycles. The minimum absolute atomic E-state index is 0.0595. The summed E-state index contributed by atoms with van der Waals surface area (Å²) in [7, 11) is -3.64. The Kier molecular flexibility index (Phi) is 9.96. The van der Waals surface area contributed by atoms with Crippen molar-refractivity contribution in [3.63, 3.8) is 0 Å². The number of aromatic nitrogens is 2. The van der Waals surface area contributed by atoms with Crippen LogP contribution in [0.3, 0.4) is 0 Å². The normalized spacial score (nSPS) is 36.6. The first-order valence-electron chi connectivity index (χ1n) is 15.8. The highest BCUT2D eigenvalue weighted by atomic mass is 35.5. The molecule has 5 unspecified atom stereocenters. The number of hydrogen-bond acceptors (Lipinski definition) is 5. The third-order valence-electron chi connectivity index (χ3n) is 10.5. The van der Waals surface area contributed by atoms with E-state index in [1.165, 1.54) is 38.3 Å². The van der Waals surface area contributed by atoms with Crippen LogP contribution in [-0.2, 0) is 16.6 Å². The highest BCUT2D eigenvalue weighted by Gasteiger charge is 2.53. The minimum Gasteiger partial charge on any atom is -0.313 e. The lowest BCUT2D eigenvalue weighted by Gasteiger charge is -2.49. The predicted molar refractivity (Wildman–Crippen MR) is 158 cm³/mol. The van der Waals surface area contributed by atoms with Crippen molar-refractivity contribution in [2.24, 2.45) is 23.2 Å². The third-order valence-corrected chi connectivity index (χ3v) is 12.8. The van der Waals surface area contributed by atoms with Crippen molar-refractivity contribution in [3.05, 3.63) is 12.4 Å². The summed E-state index contributed by atoms with van der Waals surface area (Å²) < 4.78 is 44.7. The quantitative estimate of drug-likeness (QED) is 0.249. The molecule has 3 saturated carbocycles. The molecule has 1 saturated heterocycles. The number of nitrogens with zero attached hydrogens (tertiary/aromatic N) is 3. The van der Waals surface area contributed by atoms with Gasteiger partial charge in [0.25, 0.3) is 0 Å².